The molecule has 1 saturated heterocycles. The topological polar surface area (TPSA) is 74.8 Å². The molecule has 31 heavy (non-hydrogen) atoms. The van der Waals surface area contributed by atoms with E-state index in [9.17, 15) is 9.59 Å². The van der Waals surface area contributed by atoms with Gasteiger partial charge < -0.3 is 19.9 Å². The van der Waals surface area contributed by atoms with Gasteiger partial charge in [0.25, 0.3) is 5.91 Å². The lowest BCUT2D eigenvalue weighted by Gasteiger charge is -2.28. The summed E-state index contributed by atoms with van der Waals surface area (Å²) in [5.74, 6) is -0.599. The molecule has 0 bridgehead atoms. The van der Waals surface area contributed by atoms with Crippen molar-refractivity contribution in [3.8, 4) is 0 Å². The third-order valence-electron chi connectivity index (χ3n) is 5.15. The van der Waals surface area contributed by atoms with Crippen LogP contribution in [0.25, 0.3) is 10.9 Å². The first kappa shape index (κ1) is 21.1. The lowest BCUT2D eigenvalue weighted by Crippen LogP contribution is -2.36. The predicted octanol–water partition coefficient (Wildman–Crippen LogP) is 3.44. The maximum atomic E-state index is 13.0. The van der Waals surface area contributed by atoms with Gasteiger partial charge in [-0.05, 0) is 42.5 Å². The number of carbonyl (C=O) groups is 2. The van der Waals surface area contributed by atoms with Crippen molar-refractivity contribution in [1.29, 1.82) is 0 Å². The van der Waals surface area contributed by atoms with Crippen LogP contribution in [0.5, 0.6) is 0 Å². The molecule has 1 aliphatic rings. The molecule has 0 radical (unpaired) electrons. The number of ether oxygens (including phenoxy) is 1. The lowest BCUT2D eigenvalue weighted by atomic mass is 10.1. The molecule has 160 valence electrons. The molecule has 7 nitrogen and oxygen atoms in total. The molecule has 0 aliphatic carbocycles. The van der Waals surface area contributed by atoms with E-state index in [-0.39, 0.29) is 18.4 Å². The van der Waals surface area contributed by atoms with Crippen molar-refractivity contribution in [2.75, 3.05) is 50.1 Å². The molecule has 2 aromatic carbocycles. The van der Waals surface area contributed by atoms with Gasteiger partial charge in [-0.1, -0.05) is 17.7 Å². The molecule has 0 spiro atoms. The van der Waals surface area contributed by atoms with Gasteiger partial charge in [0.15, 0.2) is 0 Å². The Labute approximate surface area is 185 Å². The number of anilines is 2. The van der Waals surface area contributed by atoms with E-state index in [2.05, 4.69) is 15.2 Å². The molecule has 1 aromatic heterocycles. The van der Waals surface area contributed by atoms with Crippen molar-refractivity contribution in [3.63, 3.8) is 0 Å². The largest absolute Gasteiger partial charge is 0.378 e. The Morgan fingerprint density at radius 1 is 1.16 bits per heavy atom. The molecule has 2 heterocycles. The number of rotatable bonds is 5. The molecule has 0 atom stereocenters. The van der Waals surface area contributed by atoms with Crippen LogP contribution in [0.1, 0.15) is 10.4 Å². The highest BCUT2D eigenvalue weighted by molar-refractivity contribution is 6.32. The number of amides is 2. The fourth-order valence-corrected chi connectivity index (χ4v) is 3.82. The second-order valence-corrected chi connectivity index (χ2v) is 7.82. The summed E-state index contributed by atoms with van der Waals surface area (Å²) in [4.78, 5) is 33.4. The summed E-state index contributed by atoms with van der Waals surface area (Å²) >= 11 is 6.17. The Balaban J connectivity index is 1.40. The van der Waals surface area contributed by atoms with E-state index in [1.165, 1.54) is 4.90 Å². The molecule has 1 aliphatic heterocycles. The number of pyridine rings is 1. The summed E-state index contributed by atoms with van der Waals surface area (Å²) in [7, 11) is 1.58. The first-order valence-electron chi connectivity index (χ1n) is 10.0. The lowest BCUT2D eigenvalue weighted by molar-refractivity contribution is -0.116. The van der Waals surface area contributed by atoms with Crippen LogP contribution in [0.4, 0.5) is 11.4 Å². The van der Waals surface area contributed by atoms with Crippen molar-refractivity contribution in [3.05, 3.63) is 65.3 Å². The normalized spacial score (nSPS) is 13.8. The smallest absolute Gasteiger partial charge is 0.256 e. The van der Waals surface area contributed by atoms with Crippen LogP contribution in [0, 0.1) is 0 Å². The molecule has 0 unspecified atom stereocenters. The summed E-state index contributed by atoms with van der Waals surface area (Å²) in [6.45, 7) is 3.05. The molecular formula is C23H23ClN4O3. The molecule has 2 amide bonds. The molecular weight excluding hydrogens is 416 g/mol. The average Bonchev–Trinajstić information content (AvgIpc) is 2.79. The molecule has 8 heteroatoms. The van der Waals surface area contributed by atoms with E-state index < -0.39 is 0 Å². The SMILES string of the molecule is CN(CC(=O)Nc1ccc(N2CCOCC2)cc1)C(=O)c1cc(Cl)cc2cccnc12. The fraction of sp³-hybridized carbons (Fsp3) is 0.261. The number of halogens is 1. The van der Waals surface area contributed by atoms with Gasteiger partial charge in [0, 0.05) is 48.1 Å². The summed E-state index contributed by atoms with van der Waals surface area (Å²) in [6, 6.07) is 14.6. The number of fused-ring (bicyclic) bond motifs is 1. The van der Waals surface area contributed by atoms with Crippen molar-refractivity contribution < 1.29 is 14.3 Å². The molecule has 1 fully saturated rings. The number of benzene rings is 2. The summed E-state index contributed by atoms with van der Waals surface area (Å²) in [6.07, 6.45) is 1.63. The van der Waals surface area contributed by atoms with Crippen LogP contribution < -0.4 is 10.2 Å². The number of aromatic nitrogens is 1. The number of carbonyl (C=O) groups excluding carboxylic acids is 2. The Kier molecular flexibility index (Phi) is 6.34. The van der Waals surface area contributed by atoms with E-state index in [0.717, 1.165) is 37.4 Å². The van der Waals surface area contributed by atoms with Gasteiger partial charge in [0.1, 0.15) is 0 Å². The van der Waals surface area contributed by atoms with Gasteiger partial charge in [0.05, 0.1) is 30.8 Å². The third kappa shape index (κ3) is 4.95. The van der Waals surface area contributed by atoms with E-state index in [1.54, 1.807) is 31.4 Å². The Hall–Kier alpha value is -3.16. The summed E-state index contributed by atoms with van der Waals surface area (Å²) in [5.41, 5.74) is 2.70. The summed E-state index contributed by atoms with van der Waals surface area (Å²) in [5, 5.41) is 4.06. The quantitative estimate of drug-likeness (QED) is 0.660. The number of likely N-dealkylation sites (N-methyl/N-ethyl adjacent to an activating group) is 1. The maximum absolute atomic E-state index is 13.0. The monoisotopic (exact) mass is 438 g/mol. The number of morpholine rings is 1. The van der Waals surface area contributed by atoms with Crippen LogP contribution >= 0.6 is 11.6 Å². The number of hydrogen-bond donors (Lipinski definition) is 1. The van der Waals surface area contributed by atoms with E-state index in [0.29, 0.717) is 21.8 Å². The van der Waals surface area contributed by atoms with Crippen LogP contribution in [-0.4, -0.2) is 61.6 Å². The number of hydrogen-bond acceptors (Lipinski definition) is 5. The molecule has 0 saturated carbocycles. The van der Waals surface area contributed by atoms with Crippen molar-refractivity contribution >= 4 is 45.7 Å². The minimum atomic E-state index is -0.316. The zero-order valence-corrected chi connectivity index (χ0v) is 17.9. The highest BCUT2D eigenvalue weighted by atomic mass is 35.5. The van der Waals surface area contributed by atoms with Crippen LogP contribution in [-0.2, 0) is 9.53 Å². The second-order valence-electron chi connectivity index (χ2n) is 7.38. The van der Waals surface area contributed by atoms with Gasteiger partial charge >= 0.3 is 0 Å². The molecule has 1 N–H and O–H groups in total. The predicted molar refractivity (Wildman–Crippen MR) is 122 cm³/mol. The number of nitrogens with zero attached hydrogens (tertiary/aromatic N) is 3. The third-order valence-corrected chi connectivity index (χ3v) is 5.37. The highest BCUT2D eigenvalue weighted by Gasteiger charge is 2.19. The van der Waals surface area contributed by atoms with E-state index >= 15 is 0 Å². The zero-order chi connectivity index (χ0) is 21.8. The minimum Gasteiger partial charge on any atom is -0.378 e. The van der Waals surface area contributed by atoms with Crippen molar-refractivity contribution in [2.24, 2.45) is 0 Å². The van der Waals surface area contributed by atoms with Gasteiger partial charge in [-0.3, -0.25) is 14.6 Å². The van der Waals surface area contributed by atoms with Gasteiger partial charge in [0.2, 0.25) is 5.91 Å². The second kappa shape index (κ2) is 9.32. The van der Waals surface area contributed by atoms with Gasteiger partial charge in [-0.2, -0.15) is 0 Å². The first-order chi connectivity index (χ1) is 15.0. The standard InChI is InChI=1S/C23H23ClN4O3/c1-27(23(30)20-14-17(24)13-16-3-2-8-25-22(16)20)15-21(29)26-18-4-6-19(7-5-18)28-9-11-31-12-10-28/h2-8,13-14H,9-12,15H2,1H3,(H,26,29). The minimum absolute atomic E-state index is 0.0924. The molecule has 4 rings (SSSR count). The van der Waals surface area contributed by atoms with Gasteiger partial charge in [-0.25, -0.2) is 0 Å². The maximum Gasteiger partial charge on any atom is 0.256 e. The highest BCUT2D eigenvalue weighted by Crippen LogP contribution is 2.23. The fourth-order valence-electron chi connectivity index (χ4n) is 3.59. The first-order valence-corrected chi connectivity index (χ1v) is 10.4. The van der Waals surface area contributed by atoms with Crippen LogP contribution in [0.2, 0.25) is 5.02 Å². The van der Waals surface area contributed by atoms with Crippen molar-refractivity contribution in [1.82, 2.24) is 9.88 Å². The summed E-state index contributed by atoms with van der Waals surface area (Å²) < 4.78 is 5.37. The van der Waals surface area contributed by atoms with E-state index in [4.69, 9.17) is 16.3 Å². The Morgan fingerprint density at radius 3 is 2.65 bits per heavy atom. The van der Waals surface area contributed by atoms with Gasteiger partial charge in [-0.15, -0.1) is 0 Å². The Bertz CT molecular complexity index is 1100. The molecule has 3 aromatic rings. The Morgan fingerprint density at radius 2 is 1.90 bits per heavy atom. The van der Waals surface area contributed by atoms with E-state index in [1.807, 2.05) is 30.3 Å². The number of nitrogens with one attached hydrogen (secondary N) is 1. The van der Waals surface area contributed by atoms with Crippen LogP contribution in [0.3, 0.4) is 0 Å². The average molecular weight is 439 g/mol. The van der Waals surface area contributed by atoms with Crippen LogP contribution in [0.15, 0.2) is 54.7 Å². The van der Waals surface area contributed by atoms with Crippen molar-refractivity contribution in [2.45, 2.75) is 0 Å². The zero-order valence-electron chi connectivity index (χ0n) is 17.2.